The van der Waals surface area contributed by atoms with E-state index in [4.69, 9.17) is 5.11 Å². The van der Waals surface area contributed by atoms with E-state index < -0.39 is 18.0 Å². The predicted molar refractivity (Wildman–Crippen MR) is 81.5 cm³/mol. The van der Waals surface area contributed by atoms with E-state index in [1.165, 1.54) is 11.3 Å². The monoisotopic (exact) mass is 314 g/mol. The highest BCUT2D eigenvalue weighted by molar-refractivity contribution is 7.15. The third kappa shape index (κ3) is 6.52. The lowest BCUT2D eigenvalue weighted by molar-refractivity contribution is -0.139. The summed E-state index contributed by atoms with van der Waals surface area (Å²) in [6, 6.07) is -1.48. The molecule has 2 amide bonds. The van der Waals surface area contributed by atoms with Crippen LogP contribution in [0.25, 0.3) is 0 Å². The second-order valence-electron chi connectivity index (χ2n) is 5.72. The first-order chi connectivity index (χ1) is 9.77. The Balaban J connectivity index is 2.55. The zero-order valence-electron chi connectivity index (χ0n) is 12.7. The Morgan fingerprint density at radius 3 is 2.38 bits per heavy atom. The van der Waals surface area contributed by atoms with Gasteiger partial charge in [-0.1, -0.05) is 39.0 Å². The number of aromatic nitrogens is 2. The molecule has 118 valence electrons. The largest absolute Gasteiger partial charge is 0.480 e. The van der Waals surface area contributed by atoms with Crippen LogP contribution in [0.1, 0.15) is 39.1 Å². The maximum Gasteiger partial charge on any atom is 0.326 e. The van der Waals surface area contributed by atoms with Crippen molar-refractivity contribution in [3.63, 3.8) is 0 Å². The Morgan fingerprint density at radius 1 is 1.19 bits per heavy atom. The minimum Gasteiger partial charge on any atom is -0.480 e. The van der Waals surface area contributed by atoms with Crippen molar-refractivity contribution < 1.29 is 14.7 Å². The predicted octanol–water partition coefficient (Wildman–Crippen LogP) is 2.36. The van der Waals surface area contributed by atoms with Gasteiger partial charge in [-0.3, -0.25) is 5.32 Å². The molecule has 21 heavy (non-hydrogen) atoms. The summed E-state index contributed by atoms with van der Waals surface area (Å²) in [7, 11) is 0. The Kier molecular flexibility index (Phi) is 6.54. The minimum absolute atomic E-state index is 0.172. The van der Waals surface area contributed by atoms with Gasteiger partial charge in [0, 0.05) is 6.42 Å². The molecule has 0 aliphatic heterocycles. The summed E-state index contributed by atoms with van der Waals surface area (Å²) in [5, 5.41) is 23.1. The molecule has 3 N–H and O–H groups in total. The molecule has 7 nitrogen and oxygen atoms in total. The van der Waals surface area contributed by atoms with Crippen LogP contribution in [0.5, 0.6) is 0 Å². The number of nitrogens with one attached hydrogen (secondary N) is 2. The SMILES string of the molecule is CC(C)Cc1nnc(NC(=O)NC(CC(C)C)C(=O)O)s1. The molecule has 0 fully saturated rings. The van der Waals surface area contributed by atoms with Gasteiger partial charge in [0.15, 0.2) is 0 Å². The molecule has 1 heterocycles. The first kappa shape index (κ1) is 17.4. The summed E-state index contributed by atoms with van der Waals surface area (Å²) >= 11 is 1.30. The summed E-state index contributed by atoms with van der Waals surface area (Å²) in [6.07, 6.45) is 1.17. The second-order valence-corrected chi connectivity index (χ2v) is 6.78. The molecule has 1 aromatic heterocycles. The van der Waals surface area contributed by atoms with Crippen molar-refractivity contribution in [3.05, 3.63) is 5.01 Å². The van der Waals surface area contributed by atoms with Crippen molar-refractivity contribution in [2.45, 2.75) is 46.6 Å². The zero-order valence-corrected chi connectivity index (χ0v) is 13.5. The van der Waals surface area contributed by atoms with E-state index in [2.05, 4.69) is 34.7 Å². The molecule has 1 rings (SSSR count). The van der Waals surface area contributed by atoms with Crippen LogP contribution in [-0.2, 0) is 11.2 Å². The zero-order chi connectivity index (χ0) is 16.0. The number of carboxylic acids is 1. The van der Waals surface area contributed by atoms with Gasteiger partial charge in [-0.2, -0.15) is 0 Å². The molecule has 8 heteroatoms. The maximum atomic E-state index is 11.8. The average Bonchev–Trinajstić information content (AvgIpc) is 2.73. The van der Waals surface area contributed by atoms with Crippen molar-refractivity contribution in [2.24, 2.45) is 11.8 Å². The molecule has 0 radical (unpaired) electrons. The smallest absolute Gasteiger partial charge is 0.326 e. The number of nitrogens with zero attached hydrogens (tertiary/aromatic N) is 2. The lowest BCUT2D eigenvalue weighted by Gasteiger charge is -2.16. The number of carbonyl (C=O) groups excluding carboxylic acids is 1. The number of amides is 2. The number of carboxylic acid groups (broad SMARTS) is 1. The van der Waals surface area contributed by atoms with E-state index in [-0.39, 0.29) is 5.92 Å². The van der Waals surface area contributed by atoms with Gasteiger partial charge in [-0.25, -0.2) is 9.59 Å². The minimum atomic E-state index is -1.04. The number of hydrogen-bond acceptors (Lipinski definition) is 5. The van der Waals surface area contributed by atoms with Crippen LogP contribution in [0.2, 0.25) is 0 Å². The first-order valence-corrected chi connectivity index (χ1v) is 7.72. The fraction of sp³-hybridized carbons (Fsp3) is 0.692. The van der Waals surface area contributed by atoms with Crippen molar-refractivity contribution in [2.75, 3.05) is 5.32 Å². The highest BCUT2D eigenvalue weighted by Crippen LogP contribution is 2.18. The molecule has 0 spiro atoms. The Labute approximate surface area is 128 Å². The standard InChI is InChI=1S/C13H22N4O3S/c1-7(2)5-9(11(18)19)14-12(20)15-13-17-16-10(21-13)6-8(3)4/h7-9H,5-6H2,1-4H3,(H,18,19)(H2,14,15,17,20). The number of hydrogen-bond donors (Lipinski definition) is 3. The van der Waals surface area contributed by atoms with Gasteiger partial charge in [0.1, 0.15) is 11.0 Å². The number of rotatable bonds is 7. The summed E-state index contributed by atoms with van der Waals surface area (Å²) in [4.78, 5) is 22.9. The van der Waals surface area contributed by atoms with Crippen molar-refractivity contribution in [3.8, 4) is 0 Å². The van der Waals surface area contributed by atoms with Crippen LogP contribution in [0.3, 0.4) is 0 Å². The topological polar surface area (TPSA) is 104 Å². The van der Waals surface area contributed by atoms with E-state index in [1.54, 1.807) is 0 Å². The van der Waals surface area contributed by atoms with Crippen LogP contribution < -0.4 is 10.6 Å². The number of urea groups is 1. The van der Waals surface area contributed by atoms with Crippen LogP contribution in [0.4, 0.5) is 9.93 Å². The normalized spacial score (nSPS) is 12.5. The number of anilines is 1. The number of aliphatic carboxylic acids is 1. The van der Waals surface area contributed by atoms with Crippen LogP contribution in [0, 0.1) is 11.8 Å². The van der Waals surface area contributed by atoms with Gasteiger partial charge in [-0.05, 0) is 18.3 Å². The molecule has 0 aliphatic rings. The van der Waals surface area contributed by atoms with E-state index in [0.717, 1.165) is 11.4 Å². The van der Waals surface area contributed by atoms with Gasteiger partial charge in [0.05, 0.1) is 0 Å². The molecule has 0 aromatic carbocycles. The van der Waals surface area contributed by atoms with Crippen molar-refractivity contribution in [1.82, 2.24) is 15.5 Å². The van der Waals surface area contributed by atoms with E-state index in [0.29, 0.717) is 17.5 Å². The summed E-state index contributed by atoms with van der Waals surface area (Å²) in [6.45, 7) is 7.95. The molecular formula is C13H22N4O3S. The molecular weight excluding hydrogens is 292 g/mol. The third-order valence-corrected chi connectivity index (χ3v) is 3.44. The van der Waals surface area contributed by atoms with E-state index >= 15 is 0 Å². The third-order valence-electron chi connectivity index (χ3n) is 2.58. The Hall–Kier alpha value is -1.70. The van der Waals surface area contributed by atoms with Crippen LogP contribution in [-0.4, -0.2) is 33.3 Å². The van der Waals surface area contributed by atoms with Gasteiger partial charge in [0.2, 0.25) is 5.13 Å². The average molecular weight is 314 g/mol. The lowest BCUT2D eigenvalue weighted by atomic mass is 10.0. The molecule has 1 unspecified atom stereocenters. The van der Waals surface area contributed by atoms with Crippen molar-refractivity contribution >= 4 is 28.5 Å². The van der Waals surface area contributed by atoms with Crippen molar-refractivity contribution in [1.29, 1.82) is 0 Å². The fourth-order valence-electron chi connectivity index (χ4n) is 1.72. The highest BCUT2D eigenvalue weighted by Gasteiger charge is 2.21. The van der Waals surface area contributed by atoms with Gasteiger partial charge >= 0.3 is 12.0 Å². The Morgan fingerprint density at radius 2 is 1.86 bits per heavy atom. The lowest BCUT2D eigenvalue weighted by Crippen LogP contribution is -2.43. The van der Waals surface area contributed by atoms with Crippen LogP contribution >= 0.6 is 11.3 Å². The summed E-state index contributed by atoms with van der Waals surface area (Å²) in [5.74, 6) is -0.413. The molecule has 0 saturated heterocycles. The van der Waals surface area contributed by atoms with Gasteiger partial charge in [-0.15, -0.1) is 10.2 Å². The molecule has 0 bridgehead atoms. The molecule has 1 aromatic rings. The molecule has 1 atom stereocenters. The molecule has 0 saturated carbocycles. The molecule has 0 aliphatic carbocycles. The fourth-order valence-corrected chi connectivity index (χ4v) is 2.67. The van der Waals surface area contributed by atoms with E-state index in [1.807, 2.05) is 13.8 Å². The first-order valence-electron chi connectivity index (χ1n) is 6.90. The number of carbonyl (C=O) groups is 2. The van der Waals surface area contributed by atoms with E-state index in [9.17, 15) is 9.59 Å². The van der Waals surface area contributed by atoms with Gasteiger partial charge in [0.25, 0.3) is 0 Å². The quantitative estimate of drug-likeness (QED) is 0.716. The summed E-state index contributed by atoms with van der Waals surface area (Å²) in [5.41, 5.74) is 0. The maximum absolute atomic E-state index is 11.8. The second kappa shape index (κ2) is 7.92. The highest BCUT2D eigenvalue weighted by atomic mass is 32.1. The summed E-state index contributed by atoms with van der Waals surface area (Å²) < 4.78 is 0. The van der Waals surface area contributed by atoms with Gasteiger partial charge < -0.3 is 10.4 Å². The Bertz CT molecular complexity index is 488. The van der Waals surface area contributed by atoms with Crippen LogP contribution in [0.15, 0.2) is 0 Å².